The second-order valence-corrected chi connectivity index (χ2v) is 11.6. The van der Waals surface area contributed by atoms with Gasteiger partial charge in [0.1, 0.15) is 23.0 Å². The van der Waals surface area contributed by atoms with Crippen molar-refractivity contribution < 1.29 is 36.8 Å². The van der Waals surface area contributed by atoms with Crippen LogP contribution in [0.3, 0.4) is 0 Å². The van der Waals surface area contributed by atoms with Crippen molar-refractivity contribution in [3.63, 3.8) is 0 Å². The minimum absolute atomic E-state index is 0.235. The molecule has 0 N–H and O–H groups in total. The lowest BCUT2D eigenvalue weighted by molar-refractivity contribution is 0.295. The number of rotatable bonds is 12. The van der Waals surface area contributed by atoms with Gasteiger partial charge in [0.2, 0.25) is 0 Å². The fourth-order valence-electron chi connectivity index (χ4n) is 2.70. The van der Waals surface area contributed by atoms with Crippen LogP contribution in [0.1, 0.15) is 11.1 Å². The normalized spacial score (nSPS) is 12.6. The summed E-state index contributed by atoms with van der Waals surface area (Å²) in [4.78, 5) is 0.566. The molecule has 0 amide bonds. The first kappa shape index (κ1) is 26.3. The van der Waals surface area contributed by atoms with Crippen molar-refractivity contribution in [2.75, 3.05) is 42.7 Å². The Labute approximate surface area is 194 Å². The molecule has 2 aromatic carbocycles. The molecule has 2 rings (SSSR count). The van der Waals surface area contributed by atoms with Crippen LogP contribution in [0.5, 0.6) is 23.0 Å². The van der Waals surface area contributed by atoms with Gasteiger partial charge < -0.3 is 28.0 Å². The first-order valence-electron chi connectivity index (χ1n) is 9.26. The van der Waals surface area contributed by atoms with E-state index in [-0.39, 0.29) is 5.75 Å². The Morgan fingerprint density at radius 3 is 1.97 bits per heavy atom. The third-order valence-corrected chi connectivity index (χ3v) is 9.18. The van der Waals surface area contributed by atoms with Crippen LogP contribution >= 0.6 is 18.2 Å². The molecule has 0 aliphatic carbocycles. The Bertz CT molecular complexity index is 992. The minimum Gasteiger partial charge on any atom is -0.496 e. The molecule has 11 heteroatoms. The van der Waals surface area contributed by atoms with Crippen LogP contribution in [-0.2, 0) is 30.2 Å². The molecule has 8 nitrogen and oxygen atoms in total. The molecule has 0 aliphatic rings. The van der Waals surface area contributed by atoms with E-state index >= 15 is 0 Å². The second kappa shape index (κ2) is 12.3. The van der Waals surface area contributed by atoms with Crippen LogP contribution in [0.2, 0.25) is 0 Å². The molecule has 0 heterocycles. The van der Waals surface area contributed by atoms with Crippen molar-refractivity contribution in [1.29, 1.82) is 0 Å². The summed E-state index contributed by atoms with van der Waals surface area (Å²) in [5, 5.41) is 1.57. The van der Waals surface area contributed by atoms with E-state index in [0.717, 1.165) is 16.9 Å². The molecule has 0 saturated heterocycles. The predicted octanol–water partition coefficient (Wildman–Crippen LogP) is 5.13. The Morgan fingerprint density at radius 1 is 0.875 bits per heavy atom. The summed E-state index contributed by atoms with van der Waals surface area (Å²) in [7, 11) is 7.43. The lowest BCUT2D eigenvalue weighted by Crippen LogP contribution is -1.96. The summed E-state index contributed by atoms with van der Waals surface area (Å²) in [6.07, 6.45) is 1.69. The summed E-state index contributed by atoms with van der Waals surface area (Å²) < 4.78 is 56.7. The highest BCUT2D eigenvalue weighted by molar-refractivity contribution is 8.55. The third-order valence-electron chi connectivity index (χ3n) is 4.33. The van der Waals surface area contributed by atoms with Crippen LogP contribution in [0.25, 0.3) is 6.08 Å². The quantitative estimate of drug-likeness (QED) is 0.366. The van der Waals surface area contributed by atoms with Crippen LogP contribution < -0.4 is 18.9 Å². The largest absolute Gasteiger partial charge is 0.496 e. The van der Waals surface area contributed by atoms with Crippen molar-refractivity contribution in [2.24, 2.45) is 0 Å². The Hall–Kier alpha value is -1.97. The Morgan fingerprint density at radius 2 is 1.47 bits per heavy atom. The van der Waals surface area contributed by atoms with Gasteiger partial charge in [-0.2, -0.15) is 0 Å². The highest BCUT2D eigenvalue weighted by atomic mass is 32.7. The molecule has 0 saturated carbocycles. The smallest absolute Gasteiger partial charge is 0.393 e. The van der Waals surface area contributed by atoms with Gasteiger partial charge in [-0.25, -0.2) is 4.57 Å². The van der Waals surface area contributed by atoms with E-state index in [1.807, 2.05) is 0 Å². The summed E-state index contributed by atoms with van der Waals surface area (Å²) in [5.74, 6) is 2.41. The molecule has 0 radical (unpaired) electrons. The number of ether oxygens (including phenoxy) is 4. The maximum Gasteiger partial charge on any atom is 0.393 e. The van der Waals surface area contributed by atoms with Gasteiger partial charge in [-0.05, 0) is 35.2 Å². The average Bonchev–Trinajstić information content (AvgIpc) is 2.82. The molecule has 32 heavy (non-hydrogen) atoms. The highest BCUT2D eigenvalue weighted by Gasteiger charge is 2.25. The molecule has 1 unspecified atom stereocenters. The van der Waals surface area contributed by atoms with Gasteiger partial charge in [-0.15, -0.1) is 0 Å². The molecule has 0 spiro atoms. The summed E-state index contributed by atoms with van der Waals surface area (Å²) in [6, 6.07) is 8.73. The fourth-order valence-corrected chi connectivity index (χ4v) is 6.18. The van der Waals surface area contributed by atoms with Crippen LogP contribution in [-0.4, -0.2) is 46.9 Å². The summed E-state index contributed by atoms with van der Waals surface area (Å²) >= 11 is 0.931. The zero-order valence-electron chi connectivity index (χ0n) is 18.8. The molecule has 0 fully saturated rings. The van der Waals surface area contributed by atoms with Crippen molar-refractivity contribution in [3.8, 4) is 23.0 Å². The molecular formula is C21H27O8PS2. The SMILES string of the molecule is COc1cc(OC)c(/C=C/S(=O)Cc2ccc(OC)c(SP(=O)(OC)OC)c2)c(OC)c1. The minimum atomic E-state index is -3.37. The fraction of sp³-hybridized carbons (Fsp3) is 0.333. The molecule has 0 aliphatic heterocycles. The van der Waals surface area contributed by atoms with Crippen molar-refractivity contribution in [2.45, 2.75) is 10.6 Å². The van der Waals surface area contributed by atoms with Gasteiger partial charge in [-0.1, -0.05) is 6.07 Å². The van der Waals surface area contributed by atoms with E-state index in [1.54, 1.807) is 48.9 Å². The molecule has 2 aromatic rings. The van der Waals surface area contributed by atoms with E-state index < -0.39 is 17.6 Å². The summed E-state index contributed by atoms with van der Waals surface area (Å²) in [5.41, 5.74) is 1.42. The van der Waals surface area contributed by atoms with E-state index in [2.05, 4.69) is 0 Å². The van der Waals surface area contributed by atoms with E-state index in [0.29, 0.717) is 33.5 Å². The maximum absolute atomic E-state index is 12.7. The molecule has 1 atom stereocenters. The number of benzene rings is 2. The third kappa shape index (κ3) is 6.76. The highest BCUT2D eigenvalue weighted by Crippen LogP contribution is 2.64. The molecule has 0 bridgehead atoms. The monoisotopic (exact) mass is 502 g/mol. The van der Waals surface area contributed by atoms with Gasteiger partial charge in [0.25, 0.3) is 0 Å². The standard InChI is InChI=1S/C21H27O8PS2/c1-24-16-12-19(26-3)17(20(13-16)27-4)9-10-32(23)14-15-7-8-18(25-2)21(11-15)31-30(22,28-5)29-6/h7-13H,14H2,1-6H3/b10-9+. The molecule has 176 valence electrons. The predicted molar refractivity (Wildman–Crippen MR) is 127 cm³/mol. The zero-order chi connectivity index (χ0) is 23.7. The second-order valence-electron chi connectivity index (χ2n) is 6.16. The average molecular weight is 503 g/mol. The van der Waals surface area contributed by atoms with Crippen LogP contribution in [0.4, 0.5) is 0 Å². The van der Waals surface area contributed by atoms with Gasteiger partial charge in [0.15, 0.2) is 0 Å². The van der Waals surface area contributed by atoms with Crippen LogP contribution in [0.15, 0.2) is 40.6 Å². The molecular weight excluding hydrogens is 475 g/mol. The van der Waals surface area contributed by atoms with Crippen molar-refractivity contribution in [1.82, 2.24) is 0 Å². The zero-order valence-corrected chi connectivity index (χ0v) is 21.3. The van der Waals surface area contributed by atoms with Gasteiger partial charge in [0.05, 0.1) is 55.5 Å². The van der Waals surface area contributed by atoms with Crippen molar-refractivity contribution in [3.05, 3.63) is 46.9 Å². The van der Waals surface area contributed by atoms with Crippen molar-refractivity contribution >= 4 is 35.1 Å². The number of hydrogen-bond acceptors (Lipinski definition) is 9. The van der Waals surface area contributed by atoms with Crippen LogP contribution in [0, 0.1) is 0 Å². The first-order valence-corrected chi connectivity index (χ1v) is 13.6. The Kier molecular flexibility index (Phi) is 10.1. The lowest BCUT2D eigenvalue weighted by Gasteiger charge is -2.15. The topological polar surface area (TPSA) is 89.5 Å². The van der Waals surface area contributed by atoms with Gasteiger partial charge in [0, 0.05) is 31.8 Å². The van der Waals surface area contributed by atoms with Gasteiger partial charge >= 0.3 is 6.80 Å². The van der Waals surface area contributed by atoms with E-state index in [9.17, 15) is 8.77 Å². The number of hydrogen-bond donors (Lipinski definition) is 0. The first-order chi connectivity index (χ1) is 15.3. The summed E-state index contributed by atoms with van der Waals surface area (Å²) in [6.45, 7) is -3.37. The van der Waals surface area contributed by atoms with E-state index in [4.69, 9.17) is 28.0 Å². The Balaban J connectivity index is 2.26. The van der Waals surface area contributed by atoms with Gasteiger partial charge in [-0.3, -0.25) is 4.21 Å². The molecule has 0 aromatic heterocycles. The van der Waals surface area contributed by atoms with E-state index in [1.165, 1.54) is 35.5 Å². The maximum atomic E-state index is 12.7. The number of methoxy groups -OCH3 is 4. The lowest BCUT2D eigenvalue weighted by atomic mass is 10.1.